The molecule has 1 amide bonds. The number of fused-ring (bicyclic) bond motifs is 1. The molecule has 1 saturated heterocycles. The monoisotopic (exact) mass is 379 g/mol. The van der Waals surface area contributed by atoms with Crippen molar-refractivity contribution in [2.24, 2.45) is 0 Å². The summed E-state index contributed by atoms with van der Waals surface area (Å²) < 4.78 is 13.7. The quantitative estimate of drug-likeness (QED) is 0.696. The van der Waals surface area contributed by atoms with E-state index in [-0.39, 0.29) is 17.6 Å². The first-order valence-corrected chi connectivity index (χ1v) is 9.52. The van der Waals surface area contributed by atoms with Gasteiger partial charge in [-0.25, -0.2) is 4.98 Å². The molecule has 28 heavy (non-hydrogen) atoms. The van der Waals surface area contributed by atoms with Crippen LogP contribution in [-0.4, -0.2) is 45.0 Å². The summed E-state index contributed by atoms with van der Waals surface area (Å²) in [6.45, 7) is 7.53. The molecule has 0 saturated carbocycles. The Morgan fingerprint density at radius 2 is 2.14 bits per heavy atom. The maximum absolute atomic E-state index is 13.0. The Bertz CT molecular complexity index is 962. The maximum Gasteiger partial charge on any atom is 0.254 e. The van der Waals surface area contributed by atoms with Crippen LogP contribution in [0.1, 0.15) is 36.8 Å². The summed E-state index contributed by atoms with van der Waals surface area (Å²) >= 11 is 0. The number of aromatic nitrogens is 2. The minimum atomic E-state index is -0.343. The molecule has 1 aliphatic heterocycles. The van der Waals surface area contributed by atoms with E-state index in [2.05, 4.69) is 4.98 Å². The second-order valence-corrected chi connectivity index (χ2v) is 7.89. The van der Waals surface area contributed by atoms with Gasteiger partial charge in [-0.1, -0.05) is 12.1 Å². The van der Waals surface area contributed by atoms with Gasteiger partial charge in [0.25, 0.3) is 5.91 Å². The molecule has 6 heteroatoms. The number of imidazole rings is 1. The number of hydrogen-bond acceptors (Lipinski definition) is 4. The van der Waals surface area contributed by atoms with Crippen LogP contribution in [0.5, 0.6) is 5.75 Å². The van der Waals surface area contributed by atoms with Gasteiger partial charge in [-0.05, 0) is 51.1 Å². The van der Waals surface area contributed by atoms with Crippen molar-refractivity contribution < 1.29 is 14.3 Å². The van der Waals surface area contributed by atoms with E-state index in [0.29, 0.717) is 31.0 Å². The molecule has 2 aromatic heterocycles. The molecule has 0 unspecified atom stereocenters. The Hall–Kier alpha value is -2.86. The summed E-state index contributed by atoms with van der Waals surface area (Å²) in [6, 6.07) is 13.2. The number of carbonyl (C=O) groups is 1. The summed E-state index contributed by atoms with van der Waals surface area (Å²) in [5.74, 6) is 0.657. The number of pyridine rings is 1. The van der Waals surface area contributed by atoms with Gasteiger partial charge >= 0.3 is 0 Å². The van der Waals surface area contributed by atoms with Crippen molar-refractivity contribution in [1.82, 2.24) is 14.3 Å². The fraction of sp³-hybridized carbons (Fsp3) is 0.364. The normalized spacial score (nSPS) is 19.0. The highest BCUT2D eigenvalue weighted by molar-refractivity contribution is 5.94. The molecule has 6 nitrogen and oxygen atoms in total. The third kappa shape index (κ3) is 4.02. The maximum atomic E-state index is 13.0. The van der Waals surface area contributed by atoms with Crippen LogP contribution in [0.25, 0.3) is 5.65 Å². The van der Waals surface area contributed by atoms with E-state index in [1.54, 1.807) is 6.07 Å². The van der Waals surface area contributed by atoms with E-state index in [0.717, 1.165) is 11.3 Å². The molecular weight excluding hydrogens is 354 g/mol. The molecule has 3 aromatic rings. The number of rotatable bonds is 4. The Balaban J connectivity index is 1.45. The number of nitrogens with zero attached hydrogens (tertiary/aromatic N) is 3. The van der Waals surface area contributed by atoms with Gasteiger partial charge in [-0.3, -0.25) is 4.79 Å². The summed E-state index contributed by atoms with van der Waals surface area (Å²) in [5, 5.41) is 0. The smallest absolute Gasteiger partial charge is 0.254 e. The largest absolute Gasteiger partial charge is 0.487 e. The van der Waals surface area contributed by atoms with Gasteiger partial charge in [0.05, 0.1) is 17.4 Å². The third-order valence-electron chi connectivity index (χ3n) is 4.74. The standard InChI is InChI=1S/C22H25N3O3/c1-16-12-25(15-22(2,3)28-16)21(26)17-7-6-8-19(11-17)27-14-18-13-24-10-5-4-9-20(24)23-18/h4-11,13,16H,12,14-15H2,1-3H3/t16-/m0/s1. The lowest BCUT2D eigenvalue weighted by molar-refractivity contribution is -0.118. The molecule has 1 fully saturated rings. The number of morpholine rings is 1. The molecule has 0 bridgehead atoms. The lowest BCUT2D eigenvalue weighted by atomic mass is 10.0. The highest BCUT2D eigenvalue weighted by atomic mass is 16.5. The average Bonchev–Trinajstić information content (AvgIpc) is 3.07. The van der Waals surface area contributed by atoms with E-state index in [1.807, 2.05) is 78.9 Å². The van der Waals surface area contributed by atoms with E-state index >= 15 is 0 Å². The Kier molecular flexibility index (Phi) is 4.81. The molecular formula is C22H25N3O3. The summed E-state index contributed by atoms with van der Waals surface area (Å²) in [5.41, 5.74) is 2.00. The first-order valence-electron chi connectivity index (χ1n) is 9.52. The van der Waals surface area contributed by atoms with Crippen LogP contribution < -0.4 is 4.74 Å². The Labute approximate surface area is 164 Å². The van der Waals surface area contributed by atoms with Crippen molar-refractivity contribution >= 4 is 11.6 Å². The molecule has 1 aromatic carbocycles. The van der Waals surface area contributed by atoms with Crippen LogP contribution in [0.15, 0.2) is 54.9 Å². The summed E-state index contributed by atoms with van der Waals surface area (Å²) in [7, 11) is 0. The topological polar surface area (TPSA) is 56.1 Å². The molecule has 0 aliphatic carbocycles. The second kappa shape index (κ2) is 7.28. The van der Waals surface area contributed by atoms with Crippen molar-refractivity contribution in [3.05, 3.63) is 66.1 Å². The fourth-order valence-electron chi connectivity index (χ4n) is 3.72. The molecule has 0 N–H and O–H groups in total. The highest BCUT2D eigenvalue weighted by Crippen LogP contribution is 2.23. The van der Waals surface area contributed by atoms with Gasteiger partial charge in [0.2, 0.25) is 0 Å². The van der Waals surface area contributed by atoms with Crippen molar-refractivity contribution in [2.75, 3.05) is 13.1 Å². The molecule has 146 valence electrons. The van der Waals surface area contributed by atoms with Gasteiger partial charge in [-0.15, -0.1) is 0 Å². The van der Waals surface area contributed by atoms with Crippen LogP contribution in [0, 0.1) is 0 Å². The minimum absolute atomic E-state index is 0.00130. The molecule has 1 atom stereocenters. The van der Waals surface area contributed by atoms with Crippen LogP contribution in [0.3, 0.4) is 0 Å². The average molecular weight is 379 g/mol. The van der Waals surface area contributed by atoms with Crippen LogP contribution in [0.4, 0.5) is 0 Å². The van der Waals surface area contributed by atoms with E-state index < -0.39 is 0 Å². The van der Waals surface area contributed by atoms with Crippen LogP contribution in [0.2, 0.25) is 0 Å². The number of benzene rings is 1. The first-order chi connectivity index (χ1) is 13.4. The number of carbonyl (C=O) groups excluding carboxylic acids is 1. The van der Waals surface area contributed by atoms with Crippen LogP contribution in [-0.2, 0) is 11.3 Å². The molecule has 0 radical (unpaired) electrons. The van der Waals surface area contributed by atoms with Crippen LogP contribution >= 0.6 is 0 Å². The number of ether oxygens (including phenoxy) is 2. The zero-order valence-corrected chi connectivity index (χ0v) is 16.5. The van der Waals surface area contributed by atoms with E-state index in [9.17, 15) is 4.79 Å². The van der Waals surface area contributed by atoms with Gasteiger partial charge in [0, 0.05) is 31.0 Å². The van der Waals surface area contributed by atoms with E-state index in [1.165, 1.54) is 0 Å². The fourth-order valence-corrected chi connectivity index (χ4v) is 3.72. The third-order valence-corrected chi connectivity index (χ3v) is 4.74. The zero-order chi connectivity index (χ0) is 19.7. The molecule has 1 aliphatic rings. The van der Waals surface area contributed by atoms with Gasteiger partial charge in [0.15, 0.2) is 0 Å². The van der Waals surface area contributed by atoms with Gasteiger partial charge in [-0.2, -0.15) is 0 Å². The lowest BCUT2D eigenvalue weighted by Gasteiger charge is -2.41. The second-order valence-electron chi connectivity index (χ2n) is 7.89. The van der Waals surface area contributed by atoms with Crippen molar-refractivity contribution in [1.29, 1.82) is 0 Å². The van der Waals surface area contributed by atoms with Crippen molar-refractivity contribution in [3.8, 4) is 5.75 Å². The zero-order valence-electron chi connectivity index (χ0n) is 16.5. The molecule has 0 spiro atoms. The van der Waals surface area contributed by atoms with Gasteiger partial charge < -0.3 is 18.8 Å². The SMILES string of the molecule is C[C@H]1CN(C(=O)c2cccc(OCc3cn4ccccc4n3)c2)CC(C)(C)O1. The first kappa shape index (κ1) is 18.5. The lowest BCUT2D eigenvalue weighted by Crippen LogP contribution is -2.53. The summed E-state index contributed by atoms with van der Waals surface area (Å²) in [4.78, 5) is 19.4. The van der Waals surface area contributed by atoms with Crippen molar-refractivity contribution in [3.63, 3.8) is 0 Å². The Morgan fingerprint density at radius 3 is 2.93 bits per heavy atom. The predicted octanol–water partition coefficient (Wildman–Crippen LogP) is 3.55. The van der Waals surface area contributed by atoms with Gasteiger partial charge in [0.1, 0.15) is 18.0 Å². The molecule has 3 heterocycles. The Morgan fingerprint density at radius 1 is 1.29 bits per heavy atom. The summed E-state index contributed by atoms with van der Waals surface area (Å²) in [6.07, 6.45) is 3.92. The predicted molar refractivity (Wildman–Crippen MR) is 106 cm³/mol. The van der Waals surface area contributed by atoms with E-state index in [4.69, 9.17) is 9.47 Å². The number of amides is 1. The highest BCUT2D eigenvalue weighted by Gasteiger charge is 2.34. The van der Waals surface area contributed by atoms with Crippen molar-refractivity contribution in [2.45, 2.75) is 39.1 Å². The minimum Gasteiger partial charge on any atom is -0.487 e. The molecule has 4 rings (SSSR count). The number of hydrogen-bond donors (Lipinski definition) is 0.